The van der Waals surface area contributed by atoms with Crippen molar-refractivity contribution in [3.05, 3.63) is 0 Å². The second kappa shape index (κ2) is 12.7. The van der Waals surface area contributed by atoms with Crippen molar-refractivity contribution in [2.45, 2.75) is 50.7 Å². The Balaban J connectivity index is 0. The number of primary amides is 2. The van der Waals surface area contributed by atoms with Crippen molar-refractivity contribution in [2.75, 3.05) is 0 Å². The standard InChI is InChI=1S/C8H15N3O4.C5H10N2O3/c1-4(9)7(13)11-5(8(14)15)2-3-6(10)12;6-3(5(9)10)1-2-4(7)8/h4-5H,2-3,9H2,1H3,(H2,10,12)(H,11,13)(H,14,15);3H,1-2,6H2,(H2,7,8)(H,9,10). The van der Waals surface area contributed by atoms with Crippen LogP contribution in [0.25, 0.3) is 0 Å². The van der Waals surface area contributed by atoms with E-state index in [1.807, 2.05) is 0 Å². The van der Waals surface area contributed by atoms with Crippen LogP contribution in [0.1, 0.15) is 32.6 Å². The zero-order valence-electron chi connectivity index (χ0n) is 13.8. The van der Waals surface area contributed by atoms with Crippen LogP contribution in [0.2, 0.25) is 0 Å². The van der Waals surface area contributed by atoms with Gasteiger partial charge in [-0.1, -0.05) is 0 Å². The molecular weight excluding hydrogens is 338 g/mol. The van der Waals surface area contributed by atoms with E-state index in [1.54, 1.807) is 0 Å². The third-order valence-corrected chi connectivity index (χ3v) is 2.73. The molecule has 0 bridgehead atoms. The highest BCUT2D eigenvalue weighted by atomic mass is 16.4. The van der Waals surface area contributed by atoms with Gasteiger partial charge in [0.25, 0.3) is 0 Å². The molecule has 0 aromatic carbocycles. The van der Waals surface area contributed by atoms with Gasteiger partial charge in [0.2, 0.25) is 17.7 Å². The minimum Gasteiger partial charge on any atom is -0.480 e. The lowest BCUT2D eigenvalue weighted by Gasteiger charge is -2.14. The van der Waals surface area contributed by atoms with Gasteiger partial charge in [-0.05, 0) is 19.8 Å². The van der Waals surface area contributed by atoms with E-state index in [2.05, 4.69) is 5.32 Å². The first-order chi connectivity index (χ1) is 11.4. The lowest BCUT2D eigenvalue weighted by molar-refractivity contribution is -0.142. The number of carbonyl (C=O) groups excluding carboxylic acids is 3. The first-order valence-corrected chi connectivity index (χ1v) is 7.22. The van der Waals surface area contributed by atoms with Crippen molar-refractivity contribution >= 4 is 29.7 Å². The number of carboxylic acid groups (broad SMARTS) is 2. The summed E-state index contributed by atoms with van der Waals surface area (Å²) in [7, 11) is 0. The molecule has 0 radical (unpaired) electrons. The molecule has 0 saturated carbocycles. The summed E-state index contributed by atoms with van der Waals surface area (Å²) in [4.78, 5) is 52.3. The van der Waals surface area contributed by atoms with Gasteiger partial charge in [-0.25, -0.2) is 4.79 Å². The van der Waals surface area contributed by atoms with Gasteiger partial charge in [0.15, 0.2) is 0 Å². The molecule has 0 aliphatic rings. The second-order valence-electron chi connectivity index (χ2n) is 5.14. The Labute approximate surface area is 143 Å². The van der Waals surface area contributed by atoms with Gasteiger partial charge in [0, 0.05) is 12.8 Å². The van der Waals surface area contributed by atoms with Crippen LogP contribution in [0.3, 0.4) is 0 Å². The molecule has 0 aromatic rings. The summed E-state index contributed by atoms with van der Waals surface area (Å²) in [5.74, 6) is -4.05. The summed E-state index contributed by atoms with van der Waals surface area (Å²) in [6.07, 6.45) is -0.0164. The minimum atomic E-state index is -1.22. The quantitative estimate of drug-likeness (QED) is 0.206. The largest absolute Gasteiger partial charge is 0.480 e. The molecule has 0 aliphatic carbocycles. The van der Waals surface area contributed by atoms with Gasteiger partial charge >= 0.3 is 11.9 Å². The molecule has 0 aliphatic heterocycles. The molecule has 12 heteroatoms. The Morgan fingerprint density at radius 1 is 0.880 bits per heavy atom. The second-order valence-corrected chi connectivity index (χ2v) is 5.14. The molecule has 0 rings (SSSR count). The molecule has 0 aromatic heterocycles. The molecular formula is C13H25N5O7. The van der Waals surface area contributed by atoms with Crippen molar-refractivity contribution < 1.29 is 34.2 Å². The zero-order valence-corrected chi connectivity index (χ0v) is 13.8. The highest BCUT2D eigenvalue weighted by Crippen LogP contribution is 1.97. The normalized spacial score (nSPS) is 13.4. The average Bonchev–Trinajstić information content (AvgIpc) is 2.48. The van der Waals surface area contributed by atoms with E-state index in [0.717, 1.165) is 0 Å². The van der Waals surface area contributed by atoms with Crippen LogP contribution in [0.5, 0.6) is 0 Å². The maximum atomic E-state index is 11.1. The lowest BCUT2D eigenvalue weighted by atomic mass is 10.1. The smallest absolute Gasteiger partial charge is 0.326 e. The van der Waals surface area contributed by atoms with Gasteiger partial charge in [-0.3, -0.25) is 19.2 Å². The fourth-order valence-corrected chi connectivity index (χ4v) is 1.27. The number of amides is 3. The molecule has 0 heterocycles. The molecule has 144 valence electrons. The molecule has 0 spiro atoms. The van der Waals surface area contributed by atoms with Gasteiger partial charge in [0.1, 0.15) is 12.1 Å². The Bertz CT molecular complexity index is 495. The van der Waals surface area contributed by atoms with Crippen LogP contribution in [-0.4, -0.2) is 58.0 Å². The number of nitrogens with two attached hydrogens (primary N) is 4. The molecule has 12 nitrogen and oxygen atoms in total. The van der Waals surface area contributed by atoms with Crippen LogP contribution in [0, 0.1) is 0 Å². The van der Waals surface area contributed by atoms with E-state index in [0.29, 0.717) is 0 Å². The number of carbonyl (C=O) groups is 5. The van der Waals surface area contributed by atoms with Crippen molar-refractivity contribution in [1.82, 2.24) is 5.32 Å². The Morgan fingerprint density at radius 3 is 1.64 bits per heavy atom. The van der Waals surface area contributed by atoms with E-state index in [4.69, 9.17) is 33.1 Å². The van der Waals surface area contributed by atoms with E-state index in [9.17, 15) is 24.0 Å². The van der Waals surface area contributed by atoms with Crippen LogP contribution >= 0.6 is 0 Å². The molecule has 3 atom stereocenters. The number of nitrogens with one attached hydrogen (secondary N) is 1. The highest BCUT2D eigenvalue weighted by Gasteiger charge is 2.21. The monoisotopic (exact) mass is 363 g/mol. The van der Waals surface area contributed by atoms with Crippen molar-refractivity contribution in [1.29, 1.82) is 0 Å². The Morgan fingerprint density at radius 2 is 1.32 bits per heavy atom. The number of aliphatic carboxylic acids is 2. The molecule has 25 heavy (non-hydrogen) atoms. The van der Waals surface area contributed by atoms with Crippen molar-refractivity contribution in [3.63, 3.8) is 0 Å². The number of hydrogen-bond donors (Lipinski definition) is 7. The van der Waals surface area contributed by atoms with Crippen molar-refractivity contribution in [3.8, 4) is 0 Å². The first kappa shape index (κ1) is 24.5. The summed E-state index contributed by atoms with van der Waals surface area (Å²) in [5.41, 5.74) is 19.9. The number of carboxylic acids is 2. The first-order valence-electron chi connectivity index (χ1n) is 7.22. The van der Waals surface area contributed by atoms with Crippen LogP contribution < -0.4 is 28.3 Å². The van der Waals surface area contributed by atoms with E-state index < -0.39 is 47.8 Å². The third-order valence-electron chi connectivity index (χ3n) is 2.73. The summed E-state index contributed by atoms with van der Waals surface area (Å²) in [6.45, 7) is 1.43. The van der Waals surface area contributed by atoms with E-state index >= 15 is 0 Å². The zero-order chi connectivity index (χ0) is 20.2. The maximum absolute atomic E-state index is 11.1. The number of hydrogen-bond acceptors (Lipinski definition) is 7. The fraction of sp³-hybridized carbons (Fsp3) is 0.615. The maximum Gasteiger partial charge on any atom is 0.326 e. The molecule has 0 saturated heterocycles. The summed E-state index contributed by atoms with van der Waals surface area (Å²) >= 11 is 0. The summed E-state index contributed by atoms with van der Waals surface area (Å²) in [5, 5.41) is 19.1. The van der Waals surface area contributed by atoms with Crippen LogP contribution in [0.15, 0.2) is 0 Å². The van der Waals surface area contributed by atoms with Gasteiger partial charge in [0.05, 0.1) is 6.04 Å². The van der Waals surface area contributed by atoms with E-state index in [1.165, 1.54) is 6.92 Å². The Hall–Kier alpha value is -2.73. The lowest BCUT2D eigenvalue weighted by Crippen LogP contribution is -2.47. The van der Waals surface area contributed by atoms with Gasteiger partial charge < -0.3 is 38.5 Å². The molecule has 3 unspecified atom stereocenters. The average molecular weight is 363 g/mol. The topological polar surface area (TPSA) is 242 Å². The number of rotatable bonds is 10. The summed E-state index contributed by atoms with van der Waals surface area (Å²) < 4.78 is 0. The Kier molecular flexibility index (Phi) is 12.4. The fourth-order valence-electron chi connectivity index (χ4n) is 1.27. The molecule has 11 N–H and O–H groups in total. The van der Waals surface area contributed by atoms with E-state index in [-0.39, 0.29) is 25.7 Å². The minimum absolute atomic E-state index is 0.0213. The van der Waals surface area contributed by atoms with Gasteiger partial charge in [-0.2, -0.15) is 0 Å². The predicted octanol–water partition coefficient (Wildman–Crippen LogP) is -3.17. The highest BCUT2D eigenvalue weighted by molar-refractivity contribution is 5.86. The van der Waals surface area contributed by atoms with Gasteiger partial charge in [-0.15, -0.1) is 0 Å². The molecule has 3 amide bonds. The van der Waals surface area contributed by atoms with Crippen molar-refractivity contribution in [2.24, 2.45) is 22.9 Å². The SMILES string of the molecule is CC(N)C(=O)NC(CCC(N)=O)C(=O)O.NC(=O)CCC(N)C(=O)O. The molecule has 0 fully saturated rings. The predicted molar refractivity (Wildman–Crippen MR) is 85.7 cm³/mol. The third kappa shape index (κ3) is 14.6. The summed E-state index contributed by atoms with van der Waals surface area (Å²) in [6, 6.07) is -2.90. The van der Waals surface area contributed by atoms with Crippen LogP contribution in [-0.2, 0) is 24.0 Å². The van der Waals surface area contributed by atoms with Crippen LogP contribution in [0.4, 0.5) is 0 Å².